The van der Waals surface area contributed by atoms with Crippen molar-refractivity contribution in [3.8, 4) is 11.5 Å². The van der Waals surface area contributed by atoms with Gasteiger partial charge in [0.25, 0.3) is 0 Å². The molecule has 3 rings (SSSR count). The number of aromatic nitrogens is 1. The minimum absolute atomic E-state index is 0.00859. The van der Waals surface area contributed by atoms with Gasteiger partial charge in [-0.15, -0.1) is 0 Å². The summed E-state index contributed by atoms with van der Waals surface area (Å²) in [6.45, 7) is 0. The Morgan fingerprint density at radius 1 is 1.27 bits per heavy atom. The van der Waals surface area contributed by atoms with E-state index in [0.717, 1.165) is 6.07 Å². The lowest BCUT2D eigenvalue weighted by Crippen LogP contribution is -2.32. The molecule has 0 aliphatic carbocycles. The van der Waals surface area contributed by atoms with Crippen molar-refractivity contribution in [2.45, 2.75) is 12.5 Å². The van der Waals surface area contributed by atoms with Crippen LogP contribution in [0.2, 0.25) is 0 Å². The predicted octanol–water partition coefficient (Wildman–Crippen LogP) is 3.62. The van der Waals surface area contributed by atoms with Gasteiger partial charge in [0.2, 0.25) is 5.82 Å². The molecule has 1 aromatic heterocycles. The van der Waals surface area contributed by atoms with E-state index in [0.29, 0.717) is 11.3 Å². The molecule has 4 N–H and O–H groups in total. The van der Waals surface area contributed by atoms with Crippen molar-refractivity contribution in [3.63, 3.8) is 0 Å². The van der Waals surface area contributed by atoms with Crippen LogP contribution < -0.4 is 15.8 Å². The summed E-state index contributed by atoms with van der Waals surface area (Å²) >= 11 is 0. The number of nitro groups is 1. The third kappa shape index (κ3) is 5.06. The lowest BCUT2D eigenvalue weighted by Gasteiger charge is -2.11. The van der Waals surface area contributed by atoms with Gasteiger partial charge >= 0.3 is 11.7 Å². The largest absolute Gasteiger partial charge is 0.480 e. The molecule has 0 unspecified atom stereocenters. The highest BCUT2D eigenvalue weighted by Gasteiger charge is 2.15. The minimum Gasteiger partial charge on any atom is -0.480 e. The van der Waals surface area contributed by atoms with Gasteiger partial charge in [-0.3, -0.25) is 14.9 Å². The topological polar surface area (TPSA) is 141 Å². The molecule has 0 fully saturated rings. The van der Waals surface area contributed by atoms with Gasteiger partial charge in [-0.05, 0) is 42.3 Å². The van der Waals surface area contributed by atoms with E-state index in [2.05, 4.69) is 10.3 Å². The van der Waals surface area contributed by atoms with Crippen molar-refractivity contribution < 1.29 is 24.0 Å². The summed E-state index contributed by atoms with van der Waals surface area (Å²) in [4.78, 5) is 25.2. The highest BCUT2D eigenvalue weighted by molar-refractivity contribution is 5.73. The first-order valence-corrected chi connectivity index (χ1v) is 8.74. The normalized spacial score (nSPS) is 11.5. The van der Waals surface area contributed by atoms with Crippen molar-refractivity contribution in [2.24, 2.45) is 5.73 Å². The molecule has 30 heavy (non-hydrogen) atoms. The average molecular weight is 412 g/mol. The molecule has 0 aliphatic heterocycles. The summed E-state index contributed by atoms with van der Waals surface area (Å²) in [7, 11) is 0. The van der Waals surface area contributed by atoms with E-state index in [1.165, 1.54) is 30.5 Å². The second-order valence-electron chi connectivity index (χ2n) is 6.29. The molecule has 10 heteroatoms. The van der Waals surface area contributed by atoms with E-state index >= 15 is 0 Å². The standard InChI is InChI=1S/C20H17FN4O5/c21-15-11-13(24-19-17(25(28)29)2-1-9-23-19)5-8-18(15)30-14-6-3-12(4-7-14)10-16(22)20(26)27/h1-9,11,16H,10,22H2,(H,23,24)(H,26,27)/t16-/m0/s1. The number of halogens is 1. The monoisotopic (exact) mass is 412 g/mol. The van der Waals surface area contributed by atoms with Crippen LogP contribution in [0.3, 0.4) is 0 Å². The Bertz CT molecular complexity index is 1080. The smallest absolute Gasteiger partial charge is 0.320 e. The van der Waals surface area contributed by atoms with Crippen LogP contribution in [0.15, 0.2) is 60.8 Å². The number of carboxylic acids is 1. The second kappa shape index (κ2) is 8.97. The third-order valence-electron chi connectivity index (χ3n) is 4.10. The van der Waals surface area contributed by atoms with Crippen molar-refractivity contribution in [1.82, 2.24) is 4.98 Å². The van der Waals surface area contributed by atoms with Crippen LogP contribution in [0.5, 0.6) is 11.5 Å². The molecule has 0 bridgehead atoms. The molecule has 9 nitrogen and oxygen atoms in total. The Balaban J connectivity index is 1.70. The summed E-state index contributed by atoms with van der Waals surface area (Å²) in [6, 6.07) is 12.2. The van der Waals surface area contributed by atoms with Gasteiger partial charge in [-0.25, -0.2) is 9.37 Å². The lowest BCUT2D eigenvalue weighted by atomic mass is 10.1. The average Bonchev–Trinajstić information content (AvgIpc) is 2.71. The molecule has 1 heterocycles. The molecular formula is C20H17FN4O5. The van der Waals surface area contributed by atoms with Gasteiger partial charge in [0, 0.05) is 24.0 Å². The van der Waals surface area contributed by atoms with E-state index in [1.54, 1.807) is 24.3 Å². The van der Waals surface area contributed by atoms with Gasteiger partial charge in [-0.2, -0.15) is 0 Å². The fourth-order valence-electron chi connectivity index (χ4n) is 2.60. The quantitative estimate of drug-likeness (QED) is 0.376. The van der Waals surface area contributed by atoms with Crippen LogP contribution in [0, 0.1) is 15.9 Å². The Morgan fingerprint density at radius 2 is 2.00 bits per heavy atom. The molecule has 0 saturated carbocycles. The Morgan fingerprint density at radius 3 is 2.63 bits per heavy atom. The molecule has 0 aliphatic rings. The van der Waals surface area contributed by atoms with Crippen LogP contribution in [0.4, 0.5) is 21.6 Å². The first-order valence-electron chi connectivity index (χ1n) is 8.74. The number of carboxylic acid groups (broad SMARTS) is 1. The molecular weight excluding hydrogens is 395 g/mol. The first kappa shape index (κ1) is 20.7. The lowest BCUT2D eigenvalue weighted by molar-refractivity contribution is -0.384. The maximum Gasteiger partial charge on any atom is 0.320 e. The Hall–Kier alpha value is -4.05. The first-order chi connectivity index (χ1) is 14.3. The summed E-state index contributed by atoms with van der Waals surface area (Å²) in [6.07, 6.45) is 1.54. The van der Waals surface area contributed by atoms with Gasteiger partial charge in [0.1, 0.15) is 11.8 Å². The number of hydrogen-bond acceptors (Lipinski definition) is 7. The number of benzene rings is 2. The van der Waals surface area contributed by atoms with E-state index < -0.39 is 22.8 Å². The van der Waals surface area contributed by atoms with Crippen molar-refractivity contribution in [2.75, 3.05) is 5.32 Å². The number of nitrogens with two attached hydrogens (primary N) is 1. The molecule has 0 spiro atoms. The maximum absolute atomic E-state index is 14.4. The van der Waals surface area contributed by atoms with Crippen LogP contribution >= 0.6 is 0 Å². The molecule has 0 radical (unpaired) electrons. The van der Waals surface area contributed by atoms with Gasteiger partial charge in [0.15, 0.2) is 11.6 Å². The zero-order valence-corrected chi connectivity index (χ0v) is 15.5. The summed E-state index contributed by atoms with van der Waals surface area (Å²) in [5.74, 6) is -1.49. The molecule has 0 saturated heterocycles. The second-order valence-corrected chi connectivity index (χ2v) is 6.29. The van der Waals surface area contributed by atoms with E-state index in [9.17, 15) is 19.3 Å². The fourth-order valence-corrected chi connectivity index (χ4v) is 2.60. The highest BCUT2D eigenvalue weighted by Crippen LogP contribution is 2.30. The van der Waals surface area contributed by atoms with Crippen LogP contribution in [-0.2, 0) is 11.2 Å². The fraction of sp³-hybridized carbons (Fsp3) is 0.100. The minimum atomic E-state index is -1.10. The number of rotatable bonds is 8. The number of ether oxygens (including phenoxy) is 1. The van der Waals surface area contributed by atoms with Crippen LogP contribution in [0.25, 0.3) is 0 Å². The number of aliphatic carboxylic acids is 1. The summed E-state index contributed by atoms with van der Waals surface area (Å²) in [5, 5.41) is 22.6. The van der Waals surface area contributed by atoms with E-state index in [1.807, 2.05) is 0 Å². The number of hydrogen-bond donors (Lipinski definition) is 3. The number of nitrogens with one attached hydrogen (secondary N) is 1. The highest BCUT2D eigenvalue weighted by atomic mass is 19.1. The predicted molar refractivity (Wildman–Crippen MR) is 106 cm³/mol. The molecule has 1 atom stereocenters. The van der Waals surface area contributed by atoms with Crippen LogP contribution in [0.1, 0.15) is 5.56 Å². The van der Waals surface area contributed by atoms with Crippen molar-refractivity contribution in [3.05, 3.63) is 82.3 Å². The number of carbonyl (C=O) groups is 1. The number of anilines is 2. The van der Waals surface area contributed by atoms with Crippen molar-refractivity contribution >= 4 is 23.2 Å². The molecule has 3 aromatic rings. The SMILES string of the molecule is N[C@@H](Cc1ccc(Oc2ccc(Nc3ncccc3[N+](=O)[O-])cc2F)cc1)C(=O)O. The number of nitrogens with zero attached hydrogens (tertiary/aromatic N) is 2. The van der Waals surface area contributed by atoms with E-state index in [4.69, 9.17) is 15.6 Å². The zero-order valence-electron chi connectivity index (χ0n) is 15.5. The zero-order chi connectivity index (χ0) is 21.7. The Labute approximate surface area is 170 Å². The van der Waals surface area contributed by atoms with Gasteiger partial charge in [-0.1, -0.05) is 12.1 Å². The van der Waals surface area contributed by atoms with Gasteiger partial charge < -0.3 is 20.9 Å². The maximum atomic E-state index is 14.4. The molecule has 0 amide bonds. The van der Waals surface area contributed by atoms with Crippen molar-refractivity contribution in [1.29, 1.82) is 0 Å². The van der Waals surface area contributed by atoms with E-state index in [-0.39, 0.29) is 29.4 Å². The van der Waals surface area contributed by atoms with Crippen LogP contribution in [-0.4, -0.2) is 27.0 Å². The molecule has 2 aromatic carbocycles. The Kier molecular flexibility index (Phi) is 6.18. The summed E-state index contributed by atoms with van der Waals surface area (Å²) in [5.41, 5.74) is 6.23. The molecule has 154 valence electrons. The van der Waals surface area contributed by atoms with Gasteiger partial charge in [0.05, 0.1) is 4.92 Å². The number of pyridine rings is 1. The summed E-state index contributed by atoms with van der Waals surface area (Å²) < 4.78 is 19.9. The third-order valence-corrected chi connectivity index (χ3v) is 4.10.